The molecular weight excluding hydrogens is 501 g/mol. The molecule has 1 fully saturated rings. The number of nitrogens with one attached hydrogen (secondary N) is 3. The zero-order chi connectivity index (χ0) is 25.0. The van der Waals surface area contributed by atoms with Crippen LogP contribution >= 0.6 is 11.3 Å². The van der Waals surface area contributed by atoms with E-state index < -0.39 is 12.1 Å². The predicted octanol–water partition coefficient (Wildman–Crippen LogP) is 2.11. The van der Waals surface area contributed by atoms with Gasteiger partial charge in [-0.2, -0.15) is 18.3 Å². The average Bonchev–Trinajstić information content (AvgIpc) is 3.62. The minimum Gasteiger partial charge on any atom is -0.542 e. The Kier molecular flexibility index (Phi) is 8.42. The van der Waals surface area contributed by atoms with E-state index in [1.165, 1.54) is 11.3 Å². The second kappa shape index (κ2) is 11.3. The molecule has 5 heterocycles. The zero-order valence-electron chi connectivity index (χ0n) is 18.0. The van der Waals surface area contributed by atoms with E-state index in [2.05, 4.69) is 25.6 Å². The number of carboxylic acids is 1. The smallest absolute Gasteiger partial charge is 0.430 e. The molecule has 4 aromatic heterocycles. The maximum atomic E-state index is 12.4. The topological polar surface area (TPSA) is 140 Å². The van der Waals surface area contributed by atoms with Crippen LogP contribution in [0.25, 0.3) is 27.9 Å². The number of carboxylic acid groups (broad SMARTS) is 1. The van der Waals surface area contributed by atoms with Crippen LogP contribution in [0.1, 0.15) is 29.9 Å². The Bertz CT molecular complexity index is 1310. The molecule has 1 aliphatic rings. The van der Waals surface area contributed by atoms with Gasteiger partial charge in [0.15, 0.2) is 6.20 Å². The number of hydrogen-bond acceptors (Lipinski definition) is 7. The first-order valence-electron chi connectivity index (χ1n) is 10.4. The molecule has 10 nitrogen and oxygen atoms in total. The van der Waals surface area contributed by atoms with Crippen molar-refractivity contribution in [2.24, 2.45) is 0 Å². The Balaban J connectivity index is 0.000000400. The van der Waals surface area contributed by atoms with Gasteiger partial charge >= 0.3 is 11.8 Å². The standard InChI is InChI=1S/C19H18N6O2S.C2HF3O2.CH4/c26-19(21-8-15-2-1-3-27-15)17-4-12(11-28-17)16-9-24-25-10-14(5-20-18(16)25)13-6-22-23-7-13;3-2(4,5)1(6)7;/h4-7,9-11,15H,1-3,8H2,(H2,21,22,23,26);(H,6,7);1H4. The lowest BCUT2D eigenvalue weighted by Crippen LogP contribution is -2.37. The molecule has 0 aromatic carbocycles. The summed E-state index contributed by atoms with van der Waals surface area (Å²) in [6, 6.07) is 1.91. The molecule has 1 atom stereocenters. The molecule has 1 aliphatic heterocycles. The third-order valence-corrected chi connectivity index (χ3v) is 6.05. The van der Waals surface area contributed by atoms with Gasteiger partial charge in [0.2, 0.25) is 0 Å². The normalized spacial score (nSPS) is 15.1. The van der Waals surface area contributed by atoms with Crippen LogP contribution in [0.15, 0.2) is 42.4 Å². The number of rotatable bonds is 5. The Morgan fingerprint density at radius 3 is 2.67 bits per heavy atom. The molecule has 0 spiro atoms. The number of alkyl halides is 3. The van der Waals surface area contributed by atoms with Crippen LogP contribution in [0.2, 0.25) is 0 Å². The van der Waals surface area contributed by atoms with E-state index in [4.69, 9.17) is 14.6 Å². The molecule has 1 saturated heterocycles. The fourth-order valence-electron chi connectivity index (χ4n) is 3.39. The third kappa shape index (κ3) is 6.26. The summed E-state index contributed by atoms with van der Waals surface area (Å²) in [6.07, 6.45) is 6.30. The summed E-state index contributed by atoms with van der Waals surface area (Å²) in [4.78, 5) is 26.5. The number of aromatic nitrogens is 5. The Hall–Kier alpha value is -3.78. The van der Waals surface area contributed by atoms with Gasteiger partial charge in [-0.25, -0.2) is 5.10 Å². The highest BCUT2D eigenvalue weighted by atomic mass is 32.1. The van der Waals surface area contributed by atoms with Gasteiger partial charge in [0.05, 0.1) is 34.5 Å². The number of ether oxygens (including phenoxy) is 1. The van der Waals surface area contributed by atoms with Crippen LogP contribution in [-0.2, 0) is 9.53 Å². The molecular formula is C22H23F3N6O4S. The van der Waals surface area contributed by atoms with Gasteiger partial charge in [-0.15, -0.1) is 15.9 Å². The molecule has 0 saturated carbocycles. The van der Waals surface area contributed by atoms with Crippen molar-refractivity contribution >= 4 is 28.9 Å². The van der Waals surface area contributed by atoms with Crippen LogP contribution < -0.4 is 14.9 Å². The third-order valence-electron chi connectivity index (χ3n) is 5.12. The molecule has 0 bridgehead atoms. The summed E-state index contributed by atoms with van der Waals surface area (Å²) in [6.45, 7) is 1.35. The number of carbonyl (C=O) groups excluding carboxylic acids is 2. The first kappa shape index (κ1) is 26.8. The highest BCUT2D eigenvalue weighted by Crippen LogP contribution is 2.27. The number of nitrogens with zero attached hydrogens (tertiary/aromatic N) is 3. The van der Waals surface area contributed by atoms with Gasteiger partial charge in [-0.1, -0.05) is 7.43 Å². The van der Waals surface area contributed by atoms with Crippen molar-refractivity contribution in [3.63, 3.8) is 0 Å². The van der Waals surface area contributed by atoms with Crippen molar-refractivity contribution in [3.8, 4) is 22.3 Å². The molecule has 0 radical (unpaired) electrons. The lowest BCUT2D eigenvalue weighted by Gasteiger charge is -2.09. The van der Waals surface area contributed by atoms with E-state index >= 15 is 0 Å². The summed E-state index contributed by atoms with van der Waals surface area (Å²) >= 11 is 1.43. The van der Waals surface area contributed by atoms with Crippen LogP contribution in [-0.4, -0.2) is 57.6 Å². The van der Waals surface area contributed by atoms with E-state index in [-0.39, 0.29) is 19.4 Å². The summed E-state index contributed by atoms with van der Waals surface area (Å²) in [5.41, 5.74) is 4.65. The van der Waals surface area contributed by atoms with E-state index in [9.17, 15) is 18.0 Å². The summed E-state index contributed by atoms with van der Waals surface area (Å²) in [5.74, 6) is -3.07. The van der Waals surface area contributed by atoms with Crippen molar-refractivity contribution < 1.29 is 37.1 Å². The number of carbonyl (C=O) groups is 2. The Labute approximate surface area is 207 Å². The molecule has 192 valence electrons. The first-order chi connectivity index (χ1) is 16.7. The predicted molar refractivity (Wildman–Crippen MR) is 122 cm³/mol. The fraction of sp³-hybridized carbons (Fsp3) is 0.318. The minimum atomic E-state index is -5.19. The maximum absolute atomic E-state index is 12.4. The molecule has 4 aromatic rings. The number of halogens is 3. The van der Waals surface area contributed by atoms with E-state index in [0.29, 0.717) is 11.4 Å². The number of hydrogen-bond donors (Lipinski definition) is 3. The molecule has 1 amide bonds. The molecule has 0 aliphatic carbocycles. The van der Waals surface area contributed by atoms with Crippen molar-refractivity contribution in [2.75, 3.05) is 13.2 Å². The molecule has 5 rings (SSSR count). The van der Waals surface area contributed by atoms with Crippen LogP contribution in [0, 0.1) is 0 Å². The van der Waals surface area contributed by atoms with Gasteiger partial charge < -0.3 is 20.0 Å². The molecule has 3 N–H and O–H groups in total. The van der Waals surface area contributed by atoms with E-state index in [1.807, 2.05) is 40.7 Å². The summed E-state index contributed by atoms with van der Waals surface area (Å²) in [5, 5.41) is 23.7. The van der Waals surface area contributed by atoms with E-state index in [0.717, 1.165) is 47.3 Å². The average molecular weight is 525 g/mol. The fourth-order valence-corrected chi connectivity index (χ4v) is 4.21. The Morgan fingerprint density at radius 2 is 2.03 bits per heavy atom. The number of fused-ring (bicyclic) bond motifs is 1. The Morgan fingerprint density at radius 1 is 1.25 bits per heavy atom. The van der Waals surface area contributed by atoms with Crippen molar-refractivity contribution in [2.45, 2.75) is 32.5 Å². The highest BCUT2D eigenvalue weighted by Gasteiger charge is 2.28. The van der Waals surface area contributed by atoms with Crippen molar-refractivity contribution in [3.05, 3.63) is 47.3 Å². The zero-order valence-corrected chi connectivity index (χ0v) is 18.8. The minimum absolute atomic E-state index is 0. The first-order valence-corrected chi connectivity index (χ1v) is 11.2. The number of aromatic amines is 2. The lowest BCUT2D eigenvalue weighted by molar-refractivity contribution is -0.578. The second-order valence-corrected chi connectivity index (χ2v) is 8.45. The van der Waals surface area contributed by atoms with Gasteiger partial charge in [0.25, 0.3) is 5.91 Å². The number of amides is 1. The maximum Gasteiger partial charge on any atom is 0.430 e. The molecule has 14 heteroatoms. The van der Waals surface area contributed by atoms with Crippen molar-refractivity contribution in [1.29, 1.82) is 0 Å². The largest absolute Gasteiger partial charge is 0.542 e. The van der Waals surface area contributed by atoms with Crippen molar-refractivity contribution in [1.82, 2.24) is 25.6 Å². The molecule has 36 heavy (non-hydrogen) atoms. The van der Waals surface area contributed by atoms with Gasteiger partial charge in [0, 0.05) is 30.5 Å². The summed E-state index contributed by atoms with van der Waals surface area (Å²) in [7, 11) is 0. The van der Waals surface area contributed by atoms with E-state index in [1.54, 1.807) is 6.20 Å². The van der Waals surface area contributed by atoms with Crippen LogP contribution in [0.5, 0.6) is 0 Å². The van der Waals surface area contributed by atoms with Gasteiger partial charge in [0.1, 0.15) is 12.2 Å². The lowest BCUT2D eigenvalue weighted by atomic mass is 10.1. The van der Waals surface area contributed by atoms with Crippen LogP contribution in [0.3, 0.4) is 0 Å². The highest BCUT2D eigenvalue weighted by molar-refractivity contribution is 7.12. The molecule has 1 unspecified atom stereocenters. The summed E-state index contributed by atoms with van der Waals surface area (Å²) < 4.78 is 39.0. The second-order valence-electron chi connectivity index (χ2n) is 7.54. The SMILES string of the molecule is C.O=C(NCC1CCCO1)c1cc(-c2c[nH][n+]3cc(-c4cn[nH]c4)cnc23)cs1.O=C([O-])C(F)(F)F. The number of thiophene rings is 1. The van der Waals surface area contributed by atoms with Crippen LogP contribution in [0.4, 0.5) is 13.2 Å². The monoisotopic (exact) mass is 524 g/mol. The van der Waals surface area contributed by atoms with Gasteiger partial charge in [-0.05, 0) is 29.3 Å². The number of aliphatic carboxylic acids is 1. The van der Waals surface area contributed by atoms with Gasteiger partial charge in [-0.3, -0.25) is 9.89 Å². The number of H-pyrrole nitrogens is 2. The quantitative estimate of drug-likeness (QED) is 0.342.